The van der Waals surface area contributed by atoms with E-state index in [1.54, 1.807) is 0 Å². The van der Waals surface area contributed by atoms with Gasteiger partial charge in [0.1, 0.15) is 5.69 Å². The number of aliphatic hydroxyl groups is 1. The summed E-state index contributed by atoms with van der Waals surface area (Å²) in [6, 6.07) is 3.67. The maximum atomic E-state index is 12.0. The molecule has 0 atom stereocenters. The van der Waals surface area contributed by atoms with Crippen LogP contribution in [0.5, 0.6) is 0 Å². The first kappa shape index (κ1) is 11.2. The predicted octanol–water partition coefficient (Wildman–Crippen LogP) is 1.15. The van der Waals surface area contributed by atoms with Gasteiger partial charge in [0.05, 0.1) is 12.1 Å². The van der Waals surface area contributed by atoms with Crippen LogP contribution in [0.15, 0.2) is 18.3 Å². The van der Waals surface area contributed by atoms with E-state index in [1.807, 2.05) is 29.8 Å². The van der Waals surface area contributed by atoms with Crippen LogP contribution in [-0.2, 0) is 6.54 Å². The van der Waals surface area contributed by atoms with Crippen LogP contribution in [0.4, 0.5) is 0 Å². The van der Waals surface area contributed by atoms with Gasteiger partial charge < -0.3 is 15.0 Å². The number of nitrogens with zero attached hydrogens (tertiary/aromatic N) is 1. The summed E-state index contributed by atoms with van der Waals surface area (Å²) in [7, 11) is 0. The molecule has 2 rings (SSSR count). The highest BCUT2D eigenvalue weighted by molar-refractivity contribution is 5.93. The molecule has 4 heteroatoms. The summed E-state index contributed by atoms with van der Waals surface area (Å²) < 4.78 is 1.90. The number of aliphatic hydroxyl groups excluding tert-OH is 1. The third kappa shape index (κ3) is 1.85. The fourth-order valence-electron chi connectivity index (χ4n) is 2.13. The highest BCUT2D eigenvalue weighted by Crippen LogP contribution is 2.31. The fraction of sp³-hybridized carbons (Fsp3) is 0.583. The predicted molar refractivity (Wildman–Crippen MR) is 61.2 cm³/mol. The minimum Gasteiger partial charge on any atom is -0.394 e. The molecule has 2 N–H and O–H groups in total. The summed E-state index contributed by atoms with van der Waals surface area (Å²) in [6.07, 6.45) is 4.72. The molecule has 0 radical (unpaired) electrons. The van der Waals surface area contributed by atoms with Crippen LogP contribution in [0.3, 0.4) is 0 Å². The molecular formula is C12H18N2O2. The van der Waals surface area contributed by atoms with Gasteiger partial charge >= 0.3 is 0 Å². The molecule has 4 nitrogen and oxygen atoms in total. The third-order valence-electron chi connectivity index (χ3n) is 3.39. The minimum absolute atomic E-state index is 0.0333. The second-order valence-electron chi connectivity index (χ2n) is 4.43. The number of nitrogens with one attached hydrogen (secondary N) is 1. The Labute approximate surface area is 95.3 Å². The van der Waals surface area contributed by atoms with Crippen molar-refractivity contribution in [3.8, 4) is 0 Å². The van der Waals surface area contributed by atoms with Crippen molar-refractivity contribution in [2.75, 3.05) is 6.61 Å². The zero-order chi connectivity index (χ0) is 11.6. The molecule has 1 aromatic rings. The van der Waals surface area contributed by atoms with E-state index in [1.165, 1.54) is 0 Å². The molecule has 1 aliphatic carbocycles. The van der Waals surface area contributed by atoms with Crippen molar-refractivity contribution >= 4 is 5.91 Å². The van der Waals surface area contributed by atoms with Crippen molar-refractivity contribution in [3.63, 3.8) is 0 Å². The van der Waals surface area contributed by atoms with Crippen molar-refractivity contribution in [1.29, 1.82) is 0 Å². The molecule has 1 fully saturated rings. The van der Waals surface area contributed by atoms with Gasteiger partial charge in [0, 0.05) is 12.7 Å². The molecule has 1 amide bonds. The summed E-state index contributed by atoms with van der Waals surface area (Å²) in [4.78, 5) is 12.0. The molecule has 1 aliphatic rings. The first-order valence-electron chi connectivity index (χ1n) is 5.79. The lowest BCUT2D eigenvalue weighted by Crippen LogP contribution is -2.56. The average Bonchev–Trinajstić information content (AvgIpc) is 2.71. The molecule has 1 aromatic heterocycles. The van der Waals surface area contributed by atoms with Crippen molar-refractivity contribution in [3.05, 3.63) is 24.0 Å². The van der Waals surface area contributed by atoms with E-state index in [0.717, 1.165) is 25.8 Å². The van der Waals surface area contributed by atoms with E-state index in [2.05, 4.69) is 5.32 Å². The lowest BCUT2D eigenvalue weighted by molar-refractivity contribution is 0.0634. The molecular weight excluding hydrogens is 204 g/mol. The number of aromatic nitrogens is 1. The van der Waals surface area contributed by atoms with Crippen molar-refractivity contribution in [2.24, 2.45) is 0 Å². The van der Waals surface area contributed by atoms with Gasteiger partial charge in [0.2, 0.25) is 0 Å². The summed E-state index contributed by atoms with van der Waals surface area (Å²) in [6.45, 7) is 2.81. The SMILES string of the molecule is CCn1cccc1C(=O)NC1(CO)CCC1. The molecule has 0 aromatic carbocycles. The number of carbonyl (C=O) groups is 1. The molecule has 0 saturated heterocycles. The second-order valence-corrected chi connectivity index (χ2v) is 4.43. The zero-order valence-electron chi connectivity index (χ0n) is 9.57. The molecule has 0 spiro atoms. The number of hydrogen-bond donors (Lipinski definition) is 2. The molecule has 1 saturated carbocycles. The normalized spacial score (nSPS) is 17.9. The van der Waals surface area contributed by atoms with E-state index in [9.17, 15) is 9.90 Å². The largest absolute Gasteiger partial charge is 0.394 e. The number of amides is 1. The highest BCUT2D eigenvalue weighted by atomic mass is 16.3. The lowest BCUT2D eigenvalue weighted by atomic mass is 9.77. The van der Waals surface area contributed by atoms with Crippen LogP contribution in [0.25, 0.3) is 0 Å². The smallest absolute Gasteiger partial charge is 0.268 e. The Morgan fingerprint density at radius 1 is 1.62 bits per heavy atom. The fourth-order valence-corrected chi connectivity index (χ4v) is 2.13. The maximum absolute atomic E-state index is 12.0. The van der Waals surface area contributed by atoms with Crippen LogP contribution < -0.4 is 5.32 Å². The standard InChI is InChI=1S/C12H18N2O2/c1-2-14-8-3-5-10(14)11(16)13-12(9-15)6-4-7-12/h3,5,8,15H,2,4,6-7,9H2,1H3,(H,13,16). The van der Waals surface area contributed by atoms with Gasteiger partial charge in [-0.3, -0.25) is 4.79 Å². The van der Waals surface area contributed by atoms with E-state index < -0.39 is 0 Å². The summed E-state index contributed by atoms with van der Waals surface area (Å²) >= 11 is 0. The van der Waals surface area contributed by atoms with Crippen molar-refractivity contribution < 1.29 is 9.90 Å². The second kappa shape index (κ2) is 4.29. The summed E-state index contributed by atoms with van der Waals surface area (Å²) in [5, 5.41) is 12.2. The highest BCUT2D eigenvalue weighted by Gasteiger charge is 2.38. The Kier molecular flexibility index (Phi) is 3.01. The van der Waals surface area contributed by atoms with Crippen LogP contribution in [0.2, 0.25) is 0 Å². The number of hydrogen-bond acceptors (Lipinski definition) is 2. The van der Waals surface area contributed by atoms with Gasteiger partial charge in [-0.1, -0.05) is 0 Å². The van der Waals surface area contributed by atoms with Crippen LogP contribution in [-0.4, -0.2) is 27.7 Å². The van der Waals surface area contributed by atoms with E-state index >= 15 is 0 Å². The van der Waals surface area contributed by atoms with Crippen molar-refractivity contribution in [2.45, 2.75) is 38.3 Å². The molecule has 0 bridgehead atoms. The van der Waals surface area contributed by atoms with Gasteiger partial charge in [0.15, 0.2) is 0 Å². The lowest BCUT2D eigenvalue weighted by Gasteiger charge is -2.40. The van der Waals surface area contributed by atoms with Gasteiger partial charge in [-0.2, -0.15) is 0 Å². The monoisotopic (exact) mass is 222 g/mol. The Hall–Kier alpha value is -1.29. The molecule has 88 valence electrons. The number of carbonyl (C=O) groups excluding carboxylic acids is 1. The Balaban J connectivity index is 2.08. The quantitative estimate of drug-likeness (QED) is 0.803. The van der Waals surface area contributed by atoms with E-state index in [-0.39, 0.29) is 18.1 Å². The van der Waals surface area contributed by atoms with Gasteiger partial charge in [-0.15, -0.1) is 0 Å². The van der Waals surface area contributed by atoms with E-state index in [0.29, 0.717) is 5.69 Å². The first-order valence-corrected chi connectivity index (χ1v) is 5.79. The molecule has 0 unspecified atom stereocenters. The Morgan fingerprint density at radius 2 is 2.38 bits per heavy atom. The molecule has 16 heavy (non-hydrogen) atoms. The number of aryl methyl sites for hydroxylation is 1. The average molecular weight is 222 g/mol. The van der Waals surface area contributed by atoms with Gasteiger partial charge in [-0.05, 0) is 38.3 Å². The van der Waals surface area contributed by atoms with Gasteiger partial charge in [-0.25, -0.2) is 0 Å². The summed E-state index contributed by atoms with van der Waals surface area (Å²) in [5.41, 5.74) is 0.308. The topological polar surface area (TPSA) is 54.3 Å². The van der Waals surface area contributed by atoms with Crippen LogP contribution in [0, 0.1) is 0 Å². The third-order valence-corrected chi connectivity index (χ3v) is 3.39. The minimum atomic E-state index is -0.361. The zero-order valence-corrected chi connectivity index (χ0v) is 9.57. The molecule has 0 aliphatic heterocycles. The number of rotatable bonds is 4. The summed E-state index contributed by atoms with van der Waals surface area (Å²) in [5.74, 6) is -0.0828. The first-order chi connectivity index (χ1) is 7.71. The van der Waals surface area contributed by atoms with Crippen LogP contribution in [0.1, 0.15) is 36.7 Å². The maximum Gasteiger partial charge on any atom is 0.268 e. The molecule has 1 heterocycles. The van der Waals surface area contributed by atoms with Crippen molar-refractivity contribution in [1.82, 2.24) is 9.88 Å². The van der Waals surface area contributed by atoms with Crippen LogP contribution >= 0.6 is 0 Å². The van der Waals surface area contributed by atoms with E-state index in [4.69, 9.17) is 0 Å². The van der Waals surface area contributed by atoms with Gasteiger partial charge in [0.25, 0.3) is 5.91 Å². The Bertz CT molecular complexity index is 375. The Morgan fingerprint density at radius 3 is 2.88 bits per heavy atom.